The predicted octanol–water partition coefficient (Wildman–Crippen LogP) is 10.8. The van der Waals surface area contributed by atoms with E-state index in [4.69, 9.17) is 4.42 Å². The number of para-hydroxylation sites is 2. The Hall–Kier alpha value is -4.60. The van der Waals surface area contributed by atoms with Crippen LogP contribution in [0.15, 0.2) is 142 Å². The van der Waals surface area contributed by atoms with Gasteiger partial charge in [-0.15, -0.1) is 0 Å². The molecule has 2 aromatic heterocycles. The Morgan fingerprint density at radius 2 is 1.18 bits per heavy atom. The van der Waals surface area contributed by atoms with Gasteiger partial charge in [0.15, 0.2) is 5.58 Å². The molecule has 0 atom stereocenters. The molecule has 0 bridgehead atoms. The number of nitrogens with zero attached hydrogens (tertiary/aromatic N) is 1. The van der Waals surface area contributed by atoms with Gasteiger partial charge in [-0.3, -0.25) is 0 Å². The molecular formula is C36H22BrNO. The van der Waals surface area contributed by atoms with Gasteiger partial charge in [-0.05, 0) is 52.6 Å². The Morgan fingerprint density at radius 3 is 2.03 bits per heavy atom. The quantitative estimate of drug-likeness (QED) is 0.209. The standard InChI is InChI=1S/C36H22BrNO/c37-26-18-19-29-28-10-4-6-12-31(28)38(33(29)22-26)32-21-20-27(35-30-11-5-7-13-34(30)39-36(32)35)25-16-14-24(15-17-25)23-8-2-1-3-9-23/h1-22H. The Labute approximate surface area is 233 Å². The molecule has 8 rings (SSSR count). The second-order valence-electron chi connectivity index (χ2n) is 9.89. The van der Waals surface area contributed by atoms with Crippen LogP contribution in [0, 0.1) is 0 Å². The topological polar surface area (TPSA) is 18.1 Å². The maximum Gasteiger partial charge on any atom is 0.160 e. The second-order valence-corrected chi connectivity index (χ2v) is 10.8. The van der Waals surface area contributed by atoms with E-state index in [-0.39, 0.29) is 0 Å². The van der Waals surface area contributed by atoms with Gasteiger partial charge < -0.3 is 8.98 Å². The first-order valence-electron chi connectivity index (χ1n) is 13.1. The van der Waals surface area contributed by atoms with E-state index >= 15 is 0 Å². The first-order valence-corrected chi connectivity index (χ1v) is 13.8. The Kier molecular flexibility index (Phi) is 5.01. The number of furan rings is 1. The molecule has 2 nitrogen and oxygen atoms in total. The molecule has 0 spiro atoms. The summed E-state index contributed by atoms with van der Waals surface area (Å²) >= 11 is 3.70. The zero-order chi connectivity index (χ0) is 25.9. The fourth-order valence-electron chi connectivity index (χ4n) is 5.91. The maximum absolute atomic E-state index is 6.66. The molecule has 0 aliphatic heterocycles. The van der Waals surface area contributed by atoms with Crippen molar-refractivity contribution in [2.24, 2.45) is 0 Å². The average molecular weight is 564 g/mol. The SMILES string of the molecule is Brc1ccc2c3ccccc3n(-c3ccc(-c4ccc(-c5ccccc5)cc4)c4c3oc3ccccc34)c2c1. The van der Waals surface area contributed by atoms with Crippen molar-refractivity contribution >= 4 is 59.7 Å². The molecule has 0 N–H and O–H groups in total. The van der Waals surface area contributed by atoms with Crippen LogP contribution < -0.4 is 0 Å². The van der Waals surface area contributed by atoms with E-state index in [1.54, 1.807) is 0 Å². The van der Waals surface area contributed by atoms with Gasteiger partial charge in [0.25, 0.3) is 0 Å². The lowest BCUT2D eigenvalue weighted by molar-refractivity contribution is 0.666. The Bertz CT molecular complexity index is 2170. The molecule has 0 saturated heterocycles. The van der Waals surface area contributed by atoms with Gasteiger partial charge in [-0.2, -0.15) is 0 Å². The van der Waals surface area contributed by atoms with Crippen molar-refractivity contribution in [3.63, 3.8) is 0 Å². The third-order valence-corrected chi connectivity index (χ3v) is 8.18. The van der Waals surface area contributed by atoms with Crippen LogP contribution in [0.25, 0.3) is 71.7 Å². The van der Waals surface area contributed by atoms with E-state index < -0.39 is 0 Å². The molecule has 0 amide bonds. The van der Waals surface area contributed by atoms with Crippen molar-refractivity contribution in [3.8, 4) is 27.9 Å². The van der Waals surface area contributed by atoms with Crippen molar-refractivity contribution < 1.29 is 4.42 Å². The van der Waals surface area contributed by atoms with Gasteiger partial charge in [0, 0.05) is 26.0 Å². The number of aromatic nitrogens is 1. The summed E-state index contributed by atoms with van der Waals surface area (Å²) in [6, 6.07) is 47.2. The molecule has 0 aliphatic carbocycles. The molecule has 0 saturated carbocycles. The van der Waals surface area contributed by atoms with Crippen LogP contribution in [0.5, 0.6) is 0 Å². The van der Waals surface area contributed by atoms with Crippen LogP contribution in [0.1, 0.15) is 0 Å². The van der Waals surface area contributed by atoms with E-state index in [0.717, 1.165) is 43.1 Å². The highest BCUT2D eigenvalue weighted by molar-refractivity contribution is 9.10. The van der Waals surface area contributed by atoms with Crippen molar-refractivity contribution in [3.05, 3.63) is 138 Å². The first-order chi connectivity index (χ1) is 19.3. The normalized spacial score (nSPS) is 11.7. The molecular weight excluding hydrogens is 542 g/mol. The molecule has 2 heterocycles. The van der Waals surface area contributed by atoms with Gasteiger partial charge in [0.05, 0.1) is 16.7 Å². The van der Waals surface area contributed by atoms with E-state index in [1.165, 1.54) is 33.0 Å². The van der Waals surface area contributed by atoms with Crippen LogP contribution >= 0.6 is 15.9 Å². The van der Waals surface area contributed by atoms with E-state index in [0.29, 0.717) is 0 Å². The molecule has 6 aromatic carbocycles. The highest BCUT2D eigenvalue weighted by Crippen LogP contribution is 2.42. The minimum absolute atomic E-state index is 0.892. The molecule has 0 radical (unpaired) electrons. The highest BCUT2D eigenvalue weighted by atomic mass is 79.9. The number of fused-ring (bicyclic) bond motifs is 6. The lowest BCUT2D eigenvalue weighted by Crippen LogP contribution is -1.95. The van der Waals surface area contributed by atoms with Gasteiger partial charge >= 0.3 is 0 Å². The van der Waals surface area contributed by atoms with Crippen molar-refractivity contribution in [1.82, 2.24) is 4.57 Å². The maximum atomic E-state index is 6.66. The first kappa shape index (κ1) is 22.4. The zero-order valence-electron chi connectivity index (χ0n) is 20.9. The van der Waals surface area contributed by atoms with Crippen LogP contribution in [0.4, 0.5) is 0 Å². The third kappa shape index (κ3) is 3.47. The average Bonchev–Trinajstić information content (AvgIpc) is 3.53. The van der Waals surface area contributed by atoms with Gasteiger partial charge in [-0.1, -0.05) is 119 Å². The van der Waals surface area contributed by atoms with Gasteiger partial charge in [0.2, 0.25) is 0 Å². The zero-order valence-corrected chi connectivity index (χ0v) is 22.5. The third-order valence-electron chi connectivity index (χ3n) is 7.69. The van der Waals surface area contributed by atoms with Crippen LogP contribution in [0.2, 0.25) is 0 Å². The van der Waals surface area contributed by atoms with E-state index in [1.807, 2.05) is 6.07 Å². The number of rotatable bonds is 3. The largest absolute Gasteiger partial charge is 0.454 e. The molecule has 8 aromatic rings. The number of benzene rings is 6. The molecule has 3 heteroatoms. The van der Waals surface area contributed by atoms with Gasteiger partial charge in [0.1, 0.15) is 5.58 Å². The van der Waals surface area contributed by atoms with Gasteiger partial charge in [-0.25, -0.2) is 0 Å². The molecule has 0 aliphatic rings. The molecule has 184 valence electrons. The Balaban J connectivity index is 1.42. The lowest BCUT2D eigenvalue weighted by atomic mass is 9.96. The summed E-state index contributed by atoms with van der Waals surface area (Å²) in [4.78, 5) is 0. The van der Waals surface area contributed by atoms with Crippen LogP contribution in [-0.4, -0.2) is 4.57 Å². The van der Waals surface area contributed by atoms with Crippen LogP contribution in [0.3, 0.4) is 0 Å². The lowest BCUT2D eigenvalue weighted by Gasteiger charge is -2.12. The minimum Gasteiger partial charge on any atom is -0.454 e. The summed E-state index contributed by atoms with van der Waals surface area (Å²) in [5.74, 6) is 0. The monoisotopic (exact) mass is 563 g/mol. The van der Waals surface area contributed by atoms with E-state index in [2.05, 4.69) is 148 Å². The molecule has 0 unspecified atom stereocenters. The fourth-order valence-corrected chi connectivity index (χ4v) is 6.26. The second kappa shape index (κ2) is 8.72. The van der Waals surface area contributed by atoms with Crippen LogP contribution in [-0.2, 0) is 0 Å². The summed E-state index contributed by atoms with van der Waals surface area (Å²) in [7, 11) is 0. The molecule has 39 heavy (non-hydrogen) atoms. The smallest absolute Gasteiger partial charge is 0.160 e. The number of hydrogen-bond acceptors (Lipinski definition) is 1. The summed E-state index contributed by atoms with van der Waals surface area (Å²) in [5, 5.41) is 4.71. The Morgan fingerprint density at radius 1 is 0.513 bits per heavy atom. The summed E-state index contributed by atoms with van der Waals surface area (Å²) < 4.78 is 10.0. The summed E-state index contributed by atoms with van der Waals surface area (Å²) in [5.41, 5.74) is 9.89. The van der Waals surface area contributed by atoms with Crippen molar-refractivity contribution in [1.29, 1.82) is 0 Å². The van der Waals surface area contributed by atoms with E-state index in [9.17, 15) is 0 Å². The predicted molar refractivity (Wildman–Crippen MR) is 167 cm³/mol. The molecule has 0 fully saturated rings. The number of hydrogen-bond donors (Lipinski definition) is 0. The fraction of sp³-hybridized carbons (Fsp3) is 0. The highest BCUT2D eigenvalue weighted by Gasteiger charge is 2.20. The van der Waals surface area contributed by atoms with Crippen molar-refractivity contribution in [2.75, 3.05) is 0 Å². The number of halogens is 1. The van der Waals surface area contributed by atoms with Crippen molar-refractivity contribution in [2.45, 2.75) is 0 Å². The minimum atomic E-state index is 0.892. The summed E-state index contributed by atoms with van der Waals surface area (Å²) in [6.45, 7) is 0. The summed E-state index contributed by atoms with van der Waals surface area (Å²) in [6.07, 6.45) is 0.